The normalized spacial score (nSPS) is 12.1. The maximum absolute atomic E-state index is 15.0. The highest BCUT2D eigenvalue weighted by Crippen LogP contribution is 2.40. The Labute approximate surface area is 390 Å². The van der Waals surface area contributed by atoms with Crippen molar-refractivity contribution >= 4 is 42.4 Å². The van der Waals surface area contributed by atoms with Gasteiger partial charge in [0.25, 0.3) is 0 Å². The summed E-state index contributed by atoms with van der Waals surface area (Å²) < 4.78 is 47.3. The number of carbonyl (C=O) groups is 7. The number of aromatic nitrogens is 1. The Morgan fingerprint density at radius 3 is 2.16 bits per heavy atom. The summed E-state index contributed by atoms with van der Waals surface area (Å²) in [6.45, 7) is 9.53. The number of ether oxygens (including phenoxy) is 3. The first-order valence-electron chi connectivity index (χ1n) is 22.3. The summed E-state index contributed by atoms with van der Waals surface area (Å²) in [4.78, 5) is 89.6. The number of benzene rings is 2. The van der Waals surface area contributed by atoms with Crippen molar-refractivity contribution in [1.82, 2.24) is 35.6 Å². The van der Waals surface area contributed by atoms with E-state index < -0.39 is 78.2 Å². The number of hydrogen-bond acceptors (Lipinski definition) is 10. The molecule has 1 aromatic heterocycles. The largest absolute Gasteiger partial charge is 0.379 e. The van der Waals surface area contributed by atoms with E-state index in [0.717, 1.165) is 30.2 Å². The van der Waals surface area contributed by atoms with Gasteiger partial charge < -0.3 is 55.6 Å². The molecule has 0 aliphatic rings. The molecule has 3 rings (SSSR count). The van der Waals surface area contributed by atoms with Gasteiger partial charge in [0, 0.05) is 62.2 Å². The van der Waals surface area contributed by atoms with E-state index in [4.69, 9.17) is 19.9 Å². The van der Waals surface area contributed by atoms with Gasteiger partial charge in [0.05, 0.1) is 65.2 Å². The maximum Gasteiger partial charge on any atom is 0.246 e. The molecule has 1 heterocycles. The summed E-state index contributed by atoms with van der Waals surface area (Å²) >= 11 is 0. The van der Waals surface area contributed by atoms with Crippen LogP contribution >= 0.6 is 0 Å². The number of amides is 7. The molecule has 2 atom stereocenters. The summed E-state index contributed by atoms with van der Waals surface area (Å²) in [5.74, 6) is -4.48. The van der Waals surface area contributed by atoms with Crippen LogP contribution in [0.5, 0.6) is 0 Å². The molecule has 0 saturated heterocycles. The van der Waals surface area contributed by atoms with Crippen molar-refractivity contribution in [2.24, 2.45) is 11.1 Å². The third kappa shape index (κ3) is 20.0. The summed E-state index contributed by atoms with van der Waals surface area (Å²) in [5, 5.41) is 10.2. The van der Waals surface area contributed by atoms with Crippen LogP contribution < -0.4 is 27.0 Å². The second-order valence-corrected chi connectivity index (χ2v) is 16.7. The fourth-order valence-electron chi connectivity index (χ4n) is 7.18. The molecule has 0 bridgehead atoms. The first-order valence-corrected chi connectivity index (χ1v) is 22.3. The van der Waals surface area contributed by atoms with E-state index in [-0.39, 0.29) is 51.4 Å². The molecule has 6 N–H and O–H groups in total. The smallest absolute Gasteiger partial charge is 0.246 e. The lowest BCUT2D eigenvalue weighted by Crippen LogP contribution is -2.53. The van der Waals surface area contributed by atoms with E-state index in [1.54, 1.807) is 24.1 Å². The molecule has 67 heavy (non-hydrogen) atoms. The standard InChI is InChI=1S/C47H66F2N8O10/c1-5-17-55(46(64)39(27-41(50)60)54-42(61)14-19-65-21-23-67-24-22-66-20-16-51-32-58)31-44(63)53-28-43(62)52-15-9-18-56(33-59)45(47(2,3)4)40-25-35(37-26-36(48)12-13-38(37)49)30-57(40)29-34-10-7-6-8-11-34/h6-8,10-13,25-26,30,32-33,39,45H,5,9,14-24,27-29,31H2,1-4H3,(H2,50,60)(H,51,58)(H,52,62)(H,53,63)(H,54,61). The number of primary amides is 1. The van der Waals surface area contributed by atoms with Crippen LogP contribution in [-0.4, -0.2) is 142 Å². The summed E-state index contributed by atoms with van der Waals surface area (Å²) in [6.07, 6.45) is 3.20. The van der Waals surface area contributed by atoms with E-state index in [2.05, 4.69) is 21.3 Å². The Kier molecular flexibility index (Phi) is 24.2. The third-order valence-corrected chi connectivity index (χ3v) is 10.2. The number of carbonyl (C=O) groups excluding carboxylic acids is 7. The first kappa shape index (κ1) is 55.1. The van der Waals surface area contributed by atoms with Crippen molar-refractivity contribution in [3.63, 3.8) is 0 Å². The Balaban J connectivity index is 1.52. The van der Waals surface area contributed by atoms with E-state index in [1.165, 1.54) is 4.90 Å². The van der Waals surface area contributed by atoms with Crippen molar-refractivity contribution in [3.05, 3.63) is 83.7 Å². The fourth-order valence-corrected chi connectivity index (χ4v) is 7.18. The Bertz CT molecular complexity index is 2050. The zero-order chi connectivity index (χ0) is 49.2. The summed E-state index contributed by atoms with van der Waals surface area (Å²) in [7, 11) is 0. The van der Waals surface area contributed by atoms with Crippen LogP contribution in [0.2, 0.25) is 0 Å². The molecule has 0 spiro atoms. The molecule has 2 unspecified atom stereocenters. The van der Waals surface area contributed by atoms with Crippen LogP contribution in [0.25, 0.3) is 11.1 Å². The number of nitrogens with zero attached hydrogens (tertiary/aromatic N) is 3. The van der Waals surface area contributed by atoms with Gasteiger partial charge in [-0.3, -0.25) is 33.6 Å². The minimum Gasteiger partial charge on any atom is -0.379 e. The van der Waals surface area contributed by atoms with Crippen LogP contribution in [0.1, 0.15) is 70.7 Å². The minimum absolute atomic E-state index is 0.00367. The van der Waals surface area contributed by atoms with Crippen molar-refractivity contribution in [2.45, 2.75) is 72.0 Å². The zero-order valence-corrected chi connectivity index (χ0v) is 38.9. The van der Waals surface area contributed by atoms with E-state index in [1.807, 2.05) is 55.7 Å². The Morgan fingerprint density at radius 2 is 1.52 bits per heavy atom. The van der Waals surface area contributed by atoms with E-state index in [9.17, 15) is 38.0 Å². The molecule has 3 aromatic rings. The Hall–Kier alpha value is -6.25. The number of nitrogens with two attached hydrogens (primary N) is 1. The molecule has 2 aromatic carbocycles. The van der Waals surface area contributed by atoms with Gasteiger partial charge in [-0.2, -0.15) is 0 Å². The average Bonchev–Trinajstić information content (AvgIpc) is 3.68. The molecule has 18 nitrogen and oxygen atoms in total. The molecule has 0 saturated carbocycles. The Morgan fingerprint density at radius 1 is 0.836 bits per heavy atom. The predicted octanol–water partition coefficient (Wildman–Crippen LogP) is 2.43. The first-order chi connectivity index (χ1) is 32.1. The second kappa shape index (κ2) is 29.4. The van der Waals surface area contributed by atoms with Gasteiger partial charge in [0.15, 0.2) is 0 Å². The van der Waals surface area contributed by atoms with E-state index in [0.29, 0.717) is 63.4 Å². The second-order valence-electron chi connectivity index (χ2n) is 16.7. The lowest BCUT2D eigenvalue weighted by molar-refractivity contribution is -0.141. The van der Waals surface area contributed by atoms with Gasteiger partial charge >= 0.3 is 0 Å². The highest BCUT2D eigenvalue weighted by Gasteiger charge is 2.34. The minimum atomic E-state index is -1.34. The summed E-state index contributed by atoms with van der Waals surface area (Å²) in [6, 6.07) is 12.8. The molecule has 0 fully saturated rings. The SMILES string of the molecule is CCCN(CC(=O)NCC(=O)NCCCN(C=O)C(c1cc(-c2cc(F)ccc2F)cn1Cc1ccccc1)C(C)(C)C)C(=O)C(CC(N)=O)NC(=O)CCOCCOCCOCCNC=O. The summed E-state index contributed by atoms with van der Waals surface area (Å²) in [5.41, 5.74) is 7.07. The van der Waals surface area contributed by atoms with Crippen LogP contribution in [0.4, 0.5) is 8.78 Å². The zero-order valence-electron chi connectivity index (χ0n) is 38.9. The average molecular weight is 941 g/mol. The molecular weight excluding hydrogens is 875 g/mol. The number of nitrogens with one attached hydrogen (secondary N) is 4. The van der Waals surface area contributed by atoms with Crippen LogP contribution in [0.15, 0.2) is 60.8 Å². The molecule has 368 valence electrons. The lowest BCUT2D eigenvalue weighted by Gasteiger charge is -2.39. The molecule has 0 radical (unpaired) electrons. The number of hydrogen-bond donors (Lipinski definition) is 5. The highest BCUT2D eigenvalue weighted by molar-refractivity contribution is 5.94. The molecular formula is C47H66F2N8O10. The molecule has 20 heteroatoms. The van der Waals surface area contributed by atoms with Crippen molar-refractivity contribution in [2.75, 3.05) is 78.9 Å². The van der Waals surface area contributed by atoms with Gasteiger partial charge in [-0.15, -0.1) is 0 Å². The quantitative estimate of drug-likeness (QED) is 0.0442. The third-order valence-electron chi connectivity index (χ3n) is 10.2. The van der Waals surface area contributed by atoms with Gasteiger partial charge in [0.2, 0.25) is 42.4 Å². The van der Waals surface area contributed by atoms with E-state index >= 15 is 4.39 Å². The van der Waals surface area contributed by atoms with Gasteiger partial charge in [-0.05, 0) is 48.1 Å². The molecule has 0 aliphatic heterocycles. The van der Waals surface area contributed by atoms with Crippen LogP contribution in [-0.2, 0) is 54.3 Å². The van der Waals surface area contributed by atoms with Crippen LogP contribution in [0.3, 0.4) is 0 Å². The van der Waals surface area contributed by atoms with Crippen molar-refractivity contribution in [3.8, 4) is 11.1 Å². The maximum atomic E-state index is 15.0. The van der Waals surface area contributed by atoms with Gasteiger partial charge in [-0.1, -0.05) is 58.0 Å². The fraction of sp³-hybridized carbons (Fsp3) is 0.511. The predicted molar refractivity (Wildman–Crippen MR) is 245 cm³/mol. The number of rotatable bonds is 33. The monoisotopic (exact) mass is 940 g/mol. The number of halogens is 2. The molecule has 0 aliphatic carbocycles. The van der Waals surface area contributed by atoms with Gasteiger partial charge in [-0.25, -0.2) is 8.78 Å². The lowest BCUT2D eigenvalue weighted by atomic mass is 9.83. The topological polar surface area (TPSA) is 233 Å². The van der Waals surface area contributed by atoms with Crippen molar-refractivity contribution in [1.29, 1.82) is 0 Å². The van der Waals surface area contributed by atoms with Crippen LogP contribution in [0, 0.1) is 17.0 Å². The molecule has 7 amide bonds. The highest BCUT2D eigenvalue weighted by atomic mass is 19.1. The van der Waals surface area contributed by atoms with Crippen molar-refractivity contribution < 1.29 is 56.6 Å². The van der Waals surface area contributed by atoms with Gasteiger partial charge in [0.1, 0.15) is 17.7 Å².